The molecule has 2 amide bonds. The van der Waals surface area contributed by atoms with Crippen LogP contribution in [0.1, 0.15) is 23.4 Å². The lowest BCUT2D eigenvalue weighted by molar-refractivity contribution is -0.116. The first-order chi connectivity index (χ1) is 11.0. The summed E-state index contributed by atoms with van der Waals surface area (Å²) >= 11 is 1.62. The van der Waals surface area contributed by atoms with Crippen molar-refractivity contribution in [3.63, 3.8) is 0 Å². The summed E-state index contributed by atoms with van der Waals surface area (Å²) in [6, 6.07) is 15.7. The molecule has 5 heteroatoms. The van der Waals surface area contributed by atoms with E-state index in [1.807, 2.05) is 60.4 Å². The lowest BCUT2D eigenvalue weighted by Gasteiger charge is -2.24. The minimum atomic E-state index is -0.0930. The Morgan fingerprint density at radius 1 is 1.22 bits per heavy atom. The lowest BCUT2D eigenvalue weighted by Crippen LogP contribution is -2.27. The molecule has 0 spiro atoms. The van der Waals surface area contributed by atoms with Crippen molar-refractivity contribution < 1.29 is 9.59 Å². The van der Waals surface area contributed by atoms with E-state index in [0.717, 1.165) is 22.5 Å². The summed E-state index contributed by atoms with van der Waals surface area (Å²) < 4.78 is 0. The summed E-state index contributed by atoms with van der Waals surface area (Å²) in [7, 11) is 0. The predicted molar refractivity (Wildman–Crippen MR) is 94.6 cm³/mol. The minimum absolute atomic E-state index is 0.0318. The number of rotatable bonds is 3. The van der Waals surface area contributed by atoms with Gasteiger partial charge in [-0.25, -0.2) is 0 Å². The highest BCUT2D eigenvalue weighted by molar-refractivity contribution is 8.00. The van der Waals surface area contributed by atoms with Crippen LogP contribution >= 0.6 is 11.8 Å². The second-order valence-electron chi connectivity index (χ2n) is 5.57. The molecule has 23 heavy (non-hydrogen) atoms. The van der Waals surface area contributed by atoms with E-state index in [9.17, 15) is 9.59 Å². The first kappa shape index (κ1) is 15.6. The van der Waals surface area contributed by atoms with E-state index in [2.05, 4.69) is 5.32 Å². The lowest BCUT2D eigenvalue weighted by atomic mass is 10.1. The molecular formula is C18H18N2O2S. The highest BCUT2D eigenvalue weighted by Gasteiger charge is 2.33. The smallest absolute Gasteiger partial charge is 0.238 e. The Morgan fingerprint density at radius 2 is 1.96 bits per heavy atom. The molecule has 2 aromatic carbocycles. The van der Waals surface area contributed by atoms with Crippen molar-refractivity contribution in [2.45, 2.75) is 19.2 Å². The van der Waals surface area contributed by atoms with E-state index in [1.165, 1.54) is 6.92 Å². The molecule has 1 fully saturated rings. The van der Waals surface area contributed by atoms with Gasteiger partial charge in [0, 0.05) is 18.3 Å². The molecule has 3 rings (SSSR count). The fourth-order valence-corrected chi connectivity index (χ4v) is 3.84. The third-order valence-corrected chi connectivity index (χ3v) is 4.88. The molecule has 1 N–H and O–H groups in total. The molecular weight excluding hydrogens is 308 g/mol. The topological polar surface area (TPSA) is 49.4 Å². The molecule has 1 aliphatic heterocycles. The van der Waals surface area contributed by atoms with Crippen molar-refractivity contribution in [2.75, 3.05) is 16.0 Å². The van der Waals surface area contributed by atoms with Gasteiger partial charge in [0.15, 0.2) is 0 Å². The molecule has 2 aromatic rings. The Kier molecular flexibility index (Phi) is 4.39. The molecule has 0 radical (unpaired) electrons. The van der Waals surface area contributed by atoms with Gasteiger partial charge in [-0.05, 0) is 42.3 Å². The van der Waals surface area contributed by atoms with Gasteiger partial charge in [-0.3, -0.25) is 14.5 Å². The SMILES string of the molecule is CC(=O)Nc1ccc(C2SCC(=O)N2c2cccc(C)c2)cc1. The molecule has 0 aliphatic carbocycles. The van der Waals surface area contributed by atoms with Crippen LogP contribution < -0.4 is 10.2 Å². The fourth-order valence-electron chi connectivity index (χ4n) is 2.66. The minimum Gasteiger partial charge on any atom is -0.326 e. The summed E-state index contributed by atoms with van der Waals surface area (Å²) in [4.78, 5) is 25.3. The number of anilines is 2. The van der Waals surface area contributed by atoms with Gasteiger partial charge in [-0.15, -0.1) is 11.8 Å². The van der Waals surface area contributed by atoms with Crippen molar-refractivity contribution in [3.05, 3.63) is 59.7 Å². The molecule has 0 aromatic heterocycles. The van der Waals surface area contributed by atoms with Gasteiger partial charge in [0.25, 0.3) is 0 Å². The summed E-state index contributed by atoms with van der Waals surface area (Å²) in [5.74, 6) is 0.507. The summed E-state index contributed by atoms with van der Waals surface area (Å²) in [5.41, 5.74) is 3.87. The van der Waals surface area contributed by atoms with Crippen LogP contribution in [-0.2, 0) is 9.59 Å². The number of aryl methyl sites for hydroxylation is 1. The van der Waals surface area contributed by atoms with E-state index in [-0.39, 0.29) is 17.2 Å². The van der Waals surface area contributed by atoms with Crippen molar-refractivity contribution in [3.8, 4) is 0 Å². The highest BCUT2D eigenvalue weighted by atomic mass is 32.2. The summed E-state index contributed by atoms with van der Waals surface area (Å²) in [5, 5.41) is 2.72. The number of hydrogen-bond acceptors (Lipinski definition) is 3. The Hall–Kier alpha value is -2.27. The van der Waals surface area contributed by atoms with E-state index < -0.39 is 0 Å². The van der Waals surface area contributed by atoms with Gasteiger partial charge in [0.2, 0.25) is 11.8 Å². The number of carbonyl (C=O) groups excluding carboxylic acids is 2. The number of hydrogen-bond donors (Lipinski definition) is 1. The van der Waals surface area contributed by atoms with Crippen LogP contribution in [0, 0.1) is 6.92 Å². The van der Waals surface area contributed by atoms with Gasteiger partial charge in [-0.1, -0.05) is 24.3 Å². The van der Waals surface area contributed by atoms with Gasteiger partial charge in [0.05, 0.1) is 5.75 Å². The first-order valence-electron chi connectivity index (χ1n) is 7.42. The average molecular weight is 326 g/mol. The Labute approximate surface area is 139 Å². The van der Waals surface area contributed by atoms with Crippen LogP contribution in [0.5, 0.6) is 0 Å². The van der Waals surface area contributed by atoms with Crippen molar-refractivity contribution in [1.29, 1.82) is 0 Å². The Balaban J connectivity index is 1.88. The molecule has 1 heterocycles. The van der Waals surface area contributed by atoms with E-state index in [0.29, 0.717) is 5.75 Å². The normalized spacial score (nSPS) is 17.4. The largest absolute Gasteiger partial charge is 0.326 e. The second kappa shape index (κ2) is 6.46. The van der Waals surface area contributed by atoms with Gasteiger partial charge >= 0.3 is 0 Å². The van der Waals surface area contributed by atoms with Crippen molar-refractivity contribution in [1.82, 2.24) is 0 Å². The molecule has 118 valence electrons. The van der Waals surface area contributed by atoms with Crippen LogP contribution in [0.2, 0.25) is 0 Å². The zero-order valence-corrected chi connectivity index (χ0v) is 13.9. The standard InChI is InChI=1S/C18H18N2O2S/c1-12-4-3-5-16(10-12)20-17(22)11-23-18(20)14-6-8-15(9-7-14)19-13(2)21/h3-10,18H,11H2,1-2H3,(H,19,21). The number of nitrogens with zero attached hydrogens (tertiary/aromatic N) is 1. The maximum Gasteiger partial charge on any atom is 0.238 e. The summed E-state index contributed by atoms with van der Waals surface area (Å²) in [6.07, 6.45) is 0. The van der Waals surface area contributed by atoms with E-state index in [1.54, 1.807) is 11.8 Å². The number of thioether (sulfide) groups is 1. The van der Waals surface area contributed by atoms with Crippen LogP contribution in [-0.4, -0.2) is 17.6 Å². The number of carbonyl (C=O) groups is 2. The number of amides is 2. The predicted octanol–water partition coefficient (Wildman–Crippen LogP) is 3.73. The Bertz CT molecular complexity index is 743. The van der Waals surface area contributed by atoms with Crippen molar-refractivity contribution >= 4 is 35.0 Å². The Morgan fingerprint density at radius 3 is 2.61 bits per heavy atom. The first-order valence-corrected chi connectivity index (χ1v) is 8.47. The average Bonchev–Trinajstić information content (AvgIpc) is 2.89. The molecule has 0 bridgehead atoms. The fraction of sp³-hybridized carbons (Fsp3) is 0.222. The summed E-state index contributed by atoms with van der Waals surface area (Å²) in [6.45, 7) is 3.51. The van der Waals surface area contributed by atoms with Crippen LogP contribution in [0.3, 0.4) is 0 Å². The molecule has 1 unspecified atom stereocenters. The van der Waals surface area contributed by atoms with Crippen molar-refractivity contribution in [2.24, 2.45) is 0 Å². The zero-order chi connectivity index (χ0) is 16.4. The molecule has 4 nitrogen and oxygen atoms in total. The van der Waals surface area contributed by atoms with Crippen LogP contribution in [0.15, 0.2) is 48.5 Å². The second-order valence-corrected chi connectivity index (χ2v) is 6.64. The van der Waals surface area contributed by atoms with Crippen LogP contribution in [0.25, 0.3) is 0 Å². The molecule has 1 aliphatic rings. The van der Waals surface area contributed by atoms with Gasteiger partial charge in [0.1, 0.15) is 5.37 Å². The molecule has 1 atom stereocenters. The maximum atomic E-state index is 12.3. The number of nitrogens with one attached hydrogen (secondary N) is 1. The number of benzene rings is 2. The van der Waals surface area contributed by atoms with Crippen LogP contribution in [0.4, 0.5) is 11.4 Å². The zero-order valence-electron chi connectivity index (χ0n) is 13.1. The van der Waals surface area contributed by atoms with Gasteiger partial charge in [-0.2, -0.15) is 0 Å². The molecule has 1 saturated heterocycles. The maximum absolute atomic E-state index is 12.3. The third kappa shape index (κ3) is 3.40. The van der Waals surface area contributed by atoms with E-state index >= 15 is 0 Å². The third-order valence-electron chi connectivity index (χ3n) is 3.66. The van der Waals surface area contributed by atoms with E-state index in [4.69, 9.17) is 0 Å². The molecule has 0 saturated carbocycles. The monoisotopic (exact) mass is 326 g/mol. The van der Waals surface area contributed by atoms with Gasteiger partial charge < -0.3 is 5.32 Å². The quantitative estimate of drug-likeness (QED) is 0.935. The highest BCUT2D eigenvalue weighted by Crippen LogP contribution is 2.42.